The molecule has 162 valence electrons. The molecule has 0 bridgehead atoms. The van der Waals surface area contributed by atoms with Crippen molar-refractivity contribution in [3.05, 3.63) is 69.8 Å². The number of nitrogen functional groups attached to an aromatic ring is 1. The Hall–Kier alpha value is -3.29. The molecule has 0 unspecified atom stereocenters. The highest BCUT2D eigenvalue weighted by Gasteiger charge is 2.32. The maximum Gasteiger partial charge on any atom is 0.266 e. The predicted octanol–water partition coefficient (Wildman–Crippen LogP) is 3.91. The molecule has 0 saturated carbocycles. The average Bonchev–Trinajstić information content (AvgIpc) is 3.21. The Morgan fingerprint density at radius 3 is 2.75 bits per heavy atom. The number of nitrogens with zero attached hydrogens (tertiary/aromatic N) is 3. The minimum absolute atomic E-state index is 0.128. The Balaban J connectivity index is 1.39. The number of fused-ring (bicyclic) bond motifs is 2. The van der Waals surface area contributed by atoms with Gasteiger partial charge in [-0.05, 0) is 47.0 Å². The first-order chi connectivity index (χ1) is 15.4. The van der Waals surface area contributed by atoms with Crippen molar-refractivity contribution in [3.63, 3.8) is 0 Å². The summed E-state index contributed by atoms with van der Waals surface area (Å²) < 4.78 is 5.60. The van der Waals surface area contributed by atoms with Crippen molar-refractivity contribution in [2.24, 2.45) is 0 Å². The Morgan fingerprint density at radius 1 is 1.12 bits per heavy atom. The fourth-order valence-electron chi connectivity index (χ4n) is 3.97. The van der Waals surface area contributed by atoms with Gasteiger partial charge in [-0.1, -0.05) is 35.3 Å². The second kappa shape index (κ2) is 8.00. The number of carbonyl (C=O) groups is 2. The zero-order valence-electron chi connectivity index (χ0n) is 16.8. The third-order valence-electron chi connectivity index (χ3n) is 5.57. The lowest BCUT2D eigenvalue weighted by molar-refractivity contribution is -0.132. The molecular formula is C23H18Cl2N4O3. The van der Waals surface area contributed by atoms with Crippen LogP contribution in [0.15, 0.2) is 48.7 Å². The molecule has 0 fully saturated rings. The van der Waals surface area contributed by atoms with Crippen LogP contribution in [0, 0.1) is 0 Å². The number of aromatic nitrogens is 1. The standard InChI is InChI=1S/C23H18Cl2N4O3/c24-16-4-14(5-17(26)7-16)15-6-20-23(27-8-15)29(22(31)12-32-20)11-21(30)28-9-13-2-1-3-19(25)18(13)10-28/h1-8H,9-12,26H2. The van der Waals surface area contributed by atoms with Gasteiger partial charge in [-0.25, -0.2) is 4.98 Å². The highest BCUT2D eigenvalue weighted by Crippen LogP contribution is 2.35. The van der Waals surface area contributed by atoms with E-state index in [-0.39, 0.29) is 25.0 Å². The van der Waals surface area contributed by atoms with E-state index in [2.05, 4.69) is 4.98 Å². The summed E-state index contributed by atoms with van der Waals surface area (Å²) in [6.07, 6.45) is 1.61. The highest BCUT2D eigenvalue weighted by molar-refractivity contribution is 6.31. The fraction of sp³-hybridized carbons (Fsp3) is 0.174. The van der Waals surface area contributed by atoms with Crippen LogP contribution in [0.4, 0.5) is 11.5 Å². The molecule has 3 aromatic rings. The Bertz CT molecular complexity index is 1240. The number of hydrogen-bond acceptors (Lipinski definition) is 5. The van der Waals surface area contributed by atoms with Crippen molar-refractivity contribution >= 4 is 46.5 Å². The first kappa shape index (κ1) is 20.6. The number of carbonyl (C=O) groups excluding carboxylic acids is 2. The van der Waals surface area contributed by atoms with Crippen LogP contribution >= 0.6 is 23.2 Å². The van der Waals surface area contributed by atoms with Crippen LogP contribution in [0.3, 0.4) is 0 Å². The SMILES string of the molecule is Nc1cc(Cl)cc(-c2cnc3c(c2)OCC(=O)N3CC(=O)N2Cc3cccc(Cl)c3C2)c1. The van der Waals surface area contributed by atoms with Crippen LogP contribution in [0.1, 0.15) is 11.1 Å². The van der Waals surface area contributed by atoms with Crippen molar-refractivity contribution in [2.45, 2.75) is 13.1 Å². The molecule has 3 heterocycles. The third kappa shape index (κ3) is 3.74. The molecular weight excluding hydrogens is 451 g/mol. The van der Waals surface area contributed by atoms with Gasteiger partial charge in [0, 0.05) is 40.6 Å². The van der Waals surface area contributed by atoms with Gasteiger partial charge in [-0.2, -0.15) is 0 Å². The highest BCUT2D eigenvalue weighted by atomic mass is 35.5. The largest absolute Gasteiger partial charge is 0.480 e. The number of hydrogen-bond donors (Lipinski definition) is 1. The van der Waals surface area contributed by atoms with Gasteiger partial charge in [-0.3, -0.25) is 14.5 Å². The van der Waals surface area contributed by atoms with Crippen molar-refractivity contribution in [1.29, 1.82) is 0 Å². The minimum atomic E-state index is -0.326. The van der Waals surface area contributed by atoms with Crippen LogP contribution in [0.25, 0.3) is 11.1 Å². The smallest absolute Gasteiger partial charge is 0.266 e. The average molecular weight is 469 g/mol. The molecule has 0 aliphatic carbocycles. The topological polar surface area (TPSA) is 88.8 Å². The maximum absolute atomic E-state index is 13.0. The molecule has 2 aromatic carbocycles. The molecule has 0 radical (unpaired) electrons. The molecule has 32 heavy (non-hydrogen) atoms. The van der Waals surface area contributed by atoms with Crippen molar-refractivity contribution in [3.8, 4) is 16.9 Å². The van der Waals surface area contributed by atoms with Crippen LogP contribution in [-0.2, 0) is 22.7 Å². The number of rotatable bonds is 3. The quantitative estimate of drug-likeness (QED) is 0.588. The summed E-state index contributed by atoms with van der Waals surface area (Å²) in [6, 6.07) is 12.6. The van der Waals surface area contributed by atoms with Crippen molar-refractivity contribution in [2.75, 3.05) is 23.8 Å². The van der Waals surface area contributed by atoms with Gasteiger partial charge in [0.15, 0.2) is 18.2 Å². The van der Waals surface area contributed by atoms with E-state index in [0.29, 0.717) is 40.4 Å². The first-order valence-corrected chi connectivity index (χ1v) is 10.7. The molecule has 9 heteroatoms. The van der Waals surface area contributed by atoms with Gasteiger partial charge in [0.2, 0.25) is 5.91 Å². The predicted molar refractivity (Wildman–Crippen MR) is 123 cm³/mol. The Morgan fingerprint density at radius 2 is 1.97 bits per heavy atom. The summed E-state index contributed by atoms with van der Waals surface area (Å²) in [4.78, 5) is 33.0. The second-order valence-corrected chi connectivity index (χ2v) is 8.56. The monoisotopic (exact) mass is 468 g/mol. The fourth-order valence-corrected chi connectivity index (χ4v) is 4.47. The van der Waals surface area contributed by atoms with E-state index >= 15 is 0 Å². The lowest BCUT2D eigenvalue weighted by Gasteiger charge is -2.29. The lowest BCUT2D eigenvalue weighted by atomic mass is 10.1. The molecule has 7 nitrogen and oxygen atoms in total. The van der Waals surface area contributed by atoms with E-state index in [1.165, 1.54) is 4.90 Å². The number of halogens is 2. The van der Waals surface area contributed by atoms with Crippen molar-refractivity contribution in [1.82, 2.24) is 9.88 Å². The molecule has 2 aliphatic rings. The van der Waals surface area contributed by atoms with E-state index in [1.807, 2.05) is 18.2 Å². The number of anilines is 2. The van der Waals surface area contributed by atoms with Gasteiger partial charge >= 0.3 is 0 Å². The molecule has 0 saturated heterocycles. The molecule has 1 aromatic heterocycles. The van der Waals surface area contributed by atoms with Crippen molar-refractivity contribution < 1.29 is 14.3 Å². The molecule has 2 N–H and O–H groups in total. The number of ether oxygens (including phenoxy) is 1. The molecule has 5 rings (SSSR count). The summed E-state index contributed by atoms with van der Waals surface area (Å²) in [5, 5.41) is 1.15. The molecule has 2 aliphatic heterocycles. The summed E-state index contributed by atoms with van der Waals surface area (Å²) in [6.45, 7) is 0.580. The van der Waals surface area contributed by atoms with Crippen LogP contribution < -0.4 is 15.4 Å². The van der Waals surface area contributed by atoms with E-state index < -0.39 is 0 Å². The number of pyridine rings is 1. The minimum Gasteiger partial charge on any atom is -0.480 e. The van der Waals surface area contributed by atoms with E-state index in [4.69, 9.17) is 33.7 Å². The lowest BCUT2D eigenvalue weighted by Crippen LogP contribution is -2.45. The first-order valence-electron chi connectivity index (χ1n) is 9.93. The van der Waals surface area contributed by atoms with E-state index in [9.17, 15) is 9.59 Å². The Kier molecular flexibility index (Phi) is 5.15. The van der Waals surface area contributed by atoms with Gasteiger partial charge in [0.05, 0.1) is 0 Å². The summed E-state index contributed by atoms with van der Waals surface area (Å²) in [5.74, 6) is 0.212. The zero-order valence-corrected chi connectivity index (χ0v) is 18.4. The number of benzene rings is 2. The second-order valence-electron chi connectivity index (χ2n) is 7.71. The van der Waals surface area contributed by atoms with Gasteiger partial charge in [0.25, 0.3) is 5.91 Å². The summed E-state index contributed by atoms with van der Waals surface area (Å²) >= 11 is 12.4. The van der Waals surface area contributed by atoms with Crippen LogP contribution in [-0.4, -0.2) is 34.8 Å². The van der Waals surface area contributed by atoms with E-state index in [1.54, 1.807) is 35.4 Å². The molecule has 2 amide bonds. The number of amides is 2. The number of nitrogens with two attached hydrogens (primary N) is 1. The Labute approximate surface area is 194 Å². The summed E-state index contributed by atoms with van der Waals surface area (Å²) in [5.41, 5.74) is 9.90. The van der Waals surface area contributed by atoms with Gasteiger partial charge in [-0.15, -0.1) is 0 Å². The van der Waals surface area contributed by atoms with Crippen LogP contribution in [0.5, 0.6) is 5.75 Å². The molecule has 0 atom stereocenters. The zero-order chi connectivity index (χ0) is 22.4. The maximum atomic E-state index is 13.0. The van der Waals surface area contributed by atoms with Gasteiger partial charge < -0.3 is 15.4 Å². The van der Waals surface area contributed by atoms with Gasteiger partial charge in [0.1, 0.15) is 6.54 Å². The van der Waals surface area contributed by atoms with Crippen LogP contribution in [0.2, 0.25) is 10.0 Å². The molecule has 0 spiro atoms. The summed E-state index contributed by atoms with van der Waals surface area (Å²) in [7, 11) is 0. The third-order valence-corrected chi connectivity index (χ3v) is 6.14. The normalized spacial score (nSPS) is 14.8. The van der Waals surface area contributed by atoms with E-state index in [0.717, 1.165) is 22.3 Å².